The van der Waals surface area contributed by atoms with E-state index in [0.717, 1.165) is 43.6 Å². The Hall–Kier alpha value is -0.800. The molecule has 1 heterocycles. The average Bonchev–Trinajstić information content (AvgIpc) is 2.75. The van der Waals surface area contributed by atoms with Crippen LogP contribution in [0.3, 0.4) is 0 Å². The molecule has 3 nitrogen and oxygen atoms in total. The van der Waals surface area contributed by atoms with Crippen molar-refractivity contribution in [2.45, 2.75) is 73.5 Å². The molecule has 1 aromatic rings. The van der Waals surface area contributed by atoms with E-state index in [4.69, 9.17) is 4.42 Å². The van der Waals surface area contributed by atoms with Gasteiger partial charge in [-0.15, -0.1) is 0 Å². The smallest absolute Gasteiger partial charge is 0.118 e. The normalized spacial score (nSPS) is 13.9. The van der Waals surface area contributed by atoms with Crippen LogP contribution in [0.1, 0.15) is 65.0 Å². The molecule has 0 amide bonds. The third-order valence-corrected chi connectivity index (χ3v) is 3.97. The predicted molar refractivity (Wildman–Crippen MR) is 90.4 cm³/mol. The summed E-state index contributed by atoms with van der Waals surface area (Å²) in [6, 6.07) is 2.22. The quantitative estimate of drug-likeness (QED) is 0.773. The van der Waals surface area contributed by atoms with Crippen molar-refractivity contribution >= 4 is 0 Å². The van der Waals surface area contributed by atoms with Crippen LogP contribution in [-0.4, -0.2) is 23.5 Å². The van der Waals surface area contributed by atoms with Crippen molar-refractivity contribution in [3.8, 4) is 0 Å². The predicted octanol–water partition coefficient (Wildman–Crippen LogP) is 4.34. The van der Waals surface area contributed by atoms with E-state index in [1.54, 1.807) is 0 Å². The third kappa shape index (κ3) is 6.66. The Labute approximate surface area is 131 Å². The molecule has 3 heteroatoms. The second-order valence-corrected chi connectivity index (χ2v) is 7.24. The summed E-state index contributed by atoms with van der Waals surface area (Å²) in [6.07, 6.45) is 1.24. The first-order valence-electron chi connectivity index (χ1n) is 8.30. The van der Waals surface area contributed by atoms with E-state index in [-0.39, 0.29) is 5.54 Å². The number of rotatable bonds is 8. The molecule has 0 aromatic carbocycles. The minimum absolute atomic E-state index is 0.118. The summed E-state index contributed by atoms with van der Waals surface area (Å²) in [5, 5.41) is 3.48. The number of furan rings is 1. The van der Waals surface area contributed by atoms with Gasteiger partial charge in [0.15, 0.2) is 0 Å². The zero-order chi connectivity index (χ0) is 16.0. The topological polar surface area (TPSA) is 28.4 Å². The van der Waals surface area contributed by atoms with Gasteiger partial charge in [-0.05, 0) is 46.2 Å². The molecule has 0 aliphatic carbocycles. The summed E-state index contributed by atoms with van der Waals surface area (Å²) in [7, 11) is 0. The SMILES string of the molecule is CCC(C)CN(CC)Cc1cc(CNC(C)(C)C)oc1C. The standard InChI is InChI=1S/C18H34N2O/c1-8-14(3)12-20(9-2)13-16-10-17(21-15(16)4)11-19-18(5,6)7/h10,14,19H,8-9,11-13H2,1-7H3. The lowest BCUT2D eigenvalue weighted by molar-refractivity contribution is 0.237. The summed E-state index contributed by atoms with van der Waals surface area (Å²) >= 11 is 0. The summed E-state index contributed by atoms with van der Waals surface area (Å²) in [6.45, 7) is 19.5. The molecule has 21 heavy (non-hydrogen) atoms. The number of nitrogens with one attached hydrogen (secondary N) is 1. The van der Waals surface area contributed by atoms with E-state index >= 15 is 0 Å². The molecular formula is C18H34N2O. The Morgan fingerprint density at radius 2 is 1.95 bits per heavy atom. The maximum absolute atomic E-state index is 5.90. The van der Waals surface area contributed by atoms with Crippen molar-refractivity contribution in [2.24, 2.45) is 5.92 Å². The van der Waals surface area contributed by atoms with Gasteiger partial charge in [-0.3, -0.25) is 4.90 Å². The first-order valence-corrected chi connectivity index (χ1v) is 8.30. The Morgan fingerprint density at radius 3 is 2.48 bits per heavy atom. The molecule has 0 aliphatic rings. The maximum Gasteiger partial charge on any atom is 0.118 e. The number of hydrogen-bond donors (Lipinski definition) is 1. The Balaban J connectivity index is 2.64. The molecule has 1 aromatic heterocycles. The van der Waals surface area contributed by atoms with Crippen molar-refractivity contribution in [1.29, 1.82) is 0 Å². The summed E-state index contributed by atoms with van der Waals surface area (Å²) < 4.78 is 5.90. The van der Waals surface area contributed by atoms with Crippen molar-refractivity contribution < 1.29 is 4.42 Å². The number of aryl methyl sites for hydroxylation is 1. The highest BCUT2D eigenvalue weighted by Gasteiger charge is 2.15. The fraction of sp³-hybridized carbons (Fsp3) is 0.778. The maximum atomic E-state index is 5.90. The highest BCUT2D eigenvalue weighted by molar-refractivity contribution is 5.20. The first-order chi connectivity index (χ1) is 9.75. The largest absolute Gasteiger partial charge is 0.465 e. The fourth-order valence-electron chi connectivity index (χ4n) is 2.30. The molecular weight excluding hydrogens is 260 g/mol. The van der Waals surface area contributed by atoms with Gasteiger partial charge in [-0.2, -0.15) is 0 Å². The van der Waals surface area contributed by atoms with Crippen LogP contribution < -0.4 is 5.32 Å². The molecule has 0 bridgehead atoms. The van der Waals surface area contributed by atoms with Gasteiger partial charge >= 0.3 is 0 Å². The highest BCUT2D eigenvalue weighted by atomic mass is 16.3. The third-order valence-electron chi connectivity index (χ3n) is 3.97. The minimum atomic E-state index is 0.118. The van der Waals surface area contributed by atoms with Crippen LogP contribution in [-0.2, 0) is 13.1 Å². The van der Waals surface area contributed by atoms with Crippen molar-refractivity contribution in [1.82, 2.24) is 10.2 Å². The van der Waals surface area contributed by atoms with E-state index in [1.165, 1.54) is 12.0 Å². The molecule has 0 saturated heterocycles. The zero-order valence-electron chi connectivity index (χ0n) is 15.0. The minimum Gasteiger partial charge on any atom is -0.465 e. The van der Waals surface area contributed by atoms with Crippen LogP contribution in [0, 0.1) is 12.8 Å². The molecule has 0 saturated carbocycles. The lowest BCUT2D eigenvalue weighted by Crippen LogP contribution is -2.34. The zero-order valence-corrected chi connectivity index (χ0v) is 15.0. The Morgan fingerprint density at radius 1 is 1.29 bits per heavy atom. The molecule has 122 valence electrons. The molecule has 1 atom stereocenters. The monoisotopic (exact) mass is 294 g/mol. The highest BCUT2D eigenvalue weighted by Crippen LogP contribution is 2.18. The van der Waals surface area contributed by atoms with Gasteiger partial charge in [0.1, 0.15) is 11.5 Å². The summed E-state index contributed by atoms with van der Waals surface area (Å²) in [5.41, 5.74) is 1.44. The fourth-order valence-corrected chi connectivity index (χ4v) is 2.30. The van der Waals surface area contributed by atoms with Gasteiger partial charge in [0.2, 0.25) is 0 Å². The van der Waals surface area contributed by atoms with Gasteiger partial charge in [0.25, 0.3) is 0 Å². The van der Waals surface area contributed by atoms with E-state index in [1.807, 2.05) is 0 Å². The lowest BCUT2D eigenvalue weighted by atomic mass is 10.1. The van der Waals surface area contributed by atoms with Gasteiger partial charge in [-0.25, -0.2) is 0 Å². The molecule has 0 fully saturated rings. The van der Waals surface area contributed by atoms with E-state index in [9.17, 15) is 0 Å². The average molecular weight is 294 g/mol. The molecule has 1 N–H and O–H groups in total. The van der Waals surface area contributed by atoms with Crippen molar-refractivity contribution in [3.63, 3.8) is 0 Å². The number of hydrogen-bond acceptors (Lipinski definition) is 3. The second kappa shape index (κ2) is 8.00. The van der Waals surface area contributed by atoms with E-state index in [2.05, 4.69) is 64.7 Å². The van der Waals surface area contributed by atoms with Crippen molar-refractivity contribution in [3.05, 3.63) is 23.2 Å². The lowest BCUT2D eigenvalue weighted by Gasteiger charge is -2.23. The van der Waals surface area contributed by atoms with Crippen LogP contribution in [0.25, 0.3) is 0 Å². The van der Waals surface area contributed by atoms with Gasteiger partial charge in [0.05, 0.1) is 6.54 Å². The van der Waals surface area contributed by atoms with Gasteiger partial charge < -0.3 is 9.73 Å². The summed E-state index contributed by atoms with van der Waals surface area (Å²) in [5.74, 6) is 2.85. The van der Waals surface area contributed by atoms with Crippen LogP contribution in [0.4, 0.5) is 0 Å². The molecule has 1 unspecified atom stereocenters. The van der Waals surface area contributed by atoms with Gasteiger partial charge in [-0.1, -0.05) is 27.2 Å². The Bertz CT molecular complexity index is 417. The first kappa shape index (κ1) is 18.2. The van der Waals surface area contributed by atoms with Crippen LogP contribution in [0.5, 0.6) is 0 Å². The number of nitrogens with zero attached hydrogens (tertiary/aromatic N) is 1. The van der Waals surface area contributed by atoms with Crippen LogP contribution in [0.2, 0.25) is 0 Å². The summed E-state index contributed by atoms with van der Waals surface area (Å²) in [4.78, 5) is 2.51. The molecule has 1 rings (SSSR count). The van der Waals surface area contributed by atoms with E-state index in [0.29, 0.717) is 0 Å². The molecule has 0 spiro atoms. The van der Waals surface area contributed by atoms with Crippen LogP contribution >= 0.6 is 0 Å². The van der Waals surface area contributed by atoms with E-state index < -0.39 is 0 Å². The molecule has 0 radical (unpaired) electrons. The molecule has 0 aliphatic heterocycles. The Kier molecular flexibility index (Phi) is 6.95. The van der Waals surface area contributed by atoms with Gasteiger partial charge in [0, 0.05) is 24.2 Å². The van der Waals surface area contributed by atoms with Crippen molar-refractivity contribution in [2.75, 3.05) is 13.1 Å². The van der Waals surface area contributed by atoms with Crippen LogP contribution in [0.15, 0.2) is 10.5 Å². The second-order valence-electron chi connectivity index (χ2n) is 7.24.